The van der Waals surface area contributed by atoms with Crippen molar-refractivity contribution in [3.63, 3.8) is 0 Å². The van der Waals surface area contributed by atoms with Gasteiger partial charge in [-0.15, -0.1) is 0 Å². The first-order chi connectivity index (χ1) is 19.3. The number of hydrogen-bond acceptors (Lipinski definition) is 3. The van der Waals surface area contributed by atoms with Gasteiger partial charge in [0, 0.05) is 16.7 Å². The van der Waals surface area contributed by atoms with Crippen molar-refractivity contribution in [2.24, 2.45) is 5.92 Å². The van der Waals surface area contributed by atoms with Crippen LogP contribution in [-0.2, 0) is 0 Å². The van der Waals surface area contributed by atoms with Crippen LogP contribution in [0.5, 0.6) is 17.2 Å². The average molecular weight is 565 g/mol. The summed E-state index contributed by atoms with van der Waals surface area (Å²) >= 11 is 0. The van der Waals surface area contributed by atoms with Crippen molar-refractivity contribution in [3.8, 4) is 28.4 Å². The number of allylic oxidation sites excluding steroid dienone is 2. The monoisotopic (exact) mass is 564 g/mol. The Morgan fingerprint density at radius 3 is 1.70 bits per heavy atom. The van der Waals surface area contributed by atoms with E-state index in [1.807, 2.05) is 6.92 Å². The summed E-state index contributed by atoms with van der Waals surface area (Å²) in [5, 5.41) is 0. The van der Waals surface area contributed by atoms with Crippen LogP contribution in [0, 0.1) is 40.8 Å². The van der Waals surface area contributed by atoms with Gasteiger partial charge in [0.15, 0.2) is 34.7 Å². The third-order valence-electron chi connectivity index (χ3n) is 6.83. The molecule has 214 valence electrons. The topological polar surface area (TPSA) is 27.7 Å². The minimum Gasteiger partial charge on any atom is -0.491 e. The molecule has 0 amide bonds. The summed E-state index contributed by atoms with van der Waals surface area (Å²) in [5.41, 5.74) is -0.0797. The predicted octanol–water partition coefficient (Wildman–Crippen LogP) is 9.03. The van der Waals surface area contributed by atoms with E-state index in [-0.39, 0.29) is 41.9 Å². The van der Waals surface area contributed by atoms with Crippen LogP contribution in [-0.4, -0.2) is 19.8 Å². The number of hydrogen-bond donors (Lipinski definition) is 0. The van der Waals surface area contributed by atoms with Crippen LogP contribution in [0.25, 0.3) is 16.7 Å². The second-order valence-corrected chi connectivity index (χ2v) is 9.53. The van der Waals surface area contributed by atoms with Crippen molar-refractivity contribution in [2.75, 3.05) is 19.8 Å². The molecule has 1 aliphatic carbocycles. The van der Waals surface area contributed by atoms with Gasteiger partial charge in [-0.2, -0.15) is 13.2 Å². The second kappa shape index (κ2) is 13.2. The first kappa shape index (κ1) is 29.4. The second-order valence-electron chi connectivity index (χ2n) is 9.53. The van der Waals surface area contributed by atoms with Crippen LogP contribution in [0.1, 0.15) is 51.5 Å². The van der Waals surface area contributed by atoms with E-state index >= 15 is 0 Å². The smallest absolute Gasteiger partial charge is 0.201 e. The molecule has 4 rings (SSSR count). The van der Waals surface area contributed by atoms with Gasteiger partial charge in [0.1, 0.15) is 0 Å². The third-order valence-corrected chi connectivity index (χ3v) is 6.83. The van der Waals surface area contributed by atoms with Crippen molar-refractivity contribution in [2.45, 2.75) is 46.0 Å². The Morgan fingerprint density at radius 2 is 1.18 bits per heavy atom. The zero-order valence-corrected chi connectivity index (χ0v) is 22.3. The van der Waals surface area contributed by atoms with Crippen LogP contribution in [0.4, 0.5) is 26.3 Å². The van der Waals surface area contributed by atoms with Gasteiger partial charge in [0.25, 0.3) is 0 Å². The lowest BCUT2D eigenvalue weighted by molar-refractivity contribution is 0.228. The van der Waals surface area contributed by atoms with E-state index in [4.69, 9.17) is 14.2 Å². The molecular weight excluding hydrogens is 534 g/mol. The Balaban J connectivity index is 1.41. The highest BCUT2D eigenvalue weighted by molar-refractivity contribution is 5.68. The largest absolute Gasteiger partial charge is 0.491 e. The molecule has 3 aromatic carbocycles. The van der Waals surface area contributed by atoms with Crippen molar-refractivity contribution >= 4 is 5.57 Å². The maximum absolute atomic E-state index is 14.8. The SMILES string of the molecule is CCCCOc1ccc(C2=CCC(COc3ccc(-c4ccc(OCC)c(F)c4F)c(F)c3F)CC2)c(F)c1F. The van der Waals surface area contributed by atoms with E-state index in [0.717, 1.165) is 37.1 Å². The summed E-state index contributed by atoms with van der Waals surface area (Å²) in [6.45, 7) is 4.04. The lowest BCUT2D eigenvalue weighted by atomic mass is 9.87. The zero-order valence-electron chi connectivity index (χ0n) is 22.3. The number of halogens is 6. The number of unbranched alkanes of at least 4 members (excludes halogenated alkanes) is 1. The molecule has 1 unspecified atom stereocenters. The number of ether oxygens (including phenoxy) is 3. The van der Waals surface area contributed by atoms with Crippen molar-refractivity contribution < 1.29 is 40.6 Å². The molecule has 0 aliphatic heterocycles. The Kier molecular flexibility index (Phi) is 9.66. The third kappa shape index (κ3) is 6.24. The highest BCUT2D eigenvalue weighted by atomic mass is 19.2. The maximum atomic E-state index is 14.8. The number of rotatable bonds is 11. The fourth-order valence-electron chi connectivity index (χ4n) is 4.57. The van der Waals surface area contributed by atoms with Gasteiger partial charge in [0.05, 0.1) is 19.8 Å². The lowest BCUT2D eigenvalue weighted by Crippen LogP contribution is -2.16. The van der Waals surface area contributed by atoms with E-state index in [2.05, 4.69) is 0 Å². The molecule has 0 fully saturated rings. The zero-order chi connectivity index (χ0) is 28.8. The minimum absolute atomic E-state index is 0.0482. The summed E-state index contributed by atoms with van der Waals surface area (Å²) in [6.07, 6.45) is 4.86. The van der Waals surface area contributed by atoms with Gasteiger partial charge in [-0.05, 0) is 80.5 Å². The Hall–Kier alpha value is -3.62. The minimum atomic E-state index is -1.37. The highest BCUT2D eigenvalue weighted by Crippen LogP contribution is 2.37. The van der Waals surface area contributed by atoms with E-state index < -0.39 is 46.0 Å². The van der Waals surface area contributed by atoms with Gasteiger partial charge in [-0.3, -0.25) is 0 Å². The highest BCUT2D eigenvalue weighted by Gasteiger charge is 2.24. The Bertz CT molecular complexity index is 1390. The van der Waals surface area contributed by atoms with E-state index in [1.165, 1.54) is 12.1 Å². The molecule has 0 heterocycles. The van der Waals surface area contributed by atoms with Gasteiger partial charge in [-0.25, -0.2) is 13.2 Å². The molecule has 0 bridgehead atoms. The maximum Gasteiger partial charge on any atom is 0.201 e. The molecule has 0 saturated carbocycles. The van der Waals surface area contributed by atoms with Crippen LogP contribution in [0.3, 0.4) is 0 Å². The van der Waals surface area contributed by atoms with Gasteiger partial charge in [-0.1, -0.05) is 19.4 Å². The molecule has 3 nitrogen and oxygen atoms in total. The lowest BCUT2D eigenvalue weighted by Gasteiger charge is -2.23. The molecular formula is C31H30F6O3. The molecule has 3 aromatic rings. The van der Waals surface area contributed by atoms with Crippen LogP contribution in [0.2, 0.25) is 0 Å². The van der Waals surface area contributed by atoms with Crippen LogP contribution < -0.4 is 14.2 Å². The van der Waals surface area contributed by atoms with E-state index in [0.29, 0.717) is 31.4 Å². The quantitative estimate of drug-likeness (QED) is 0.172. The normalized spacial score (nSPS) is 15.1. The van der Waals surface area contributed by atoms with Gasteiger partial charge in [0.2, 0.25) is 17.5 Å². The van der Waals surface area contributed by atoms with Gasteiger partial charge >= 0.3 is 0 Å². The average Bonchev–Trinajstić information content (AvgIpc) is 2.95. The fourth-order valence-corrected chi connectivity index (χ4v) is 4.57. The summed E-state index contributed by atoms with van der Waals surface area (Å²) in [4.78, 5) is 0. The Labute approximate surface area is 229 Å². The molecule has 0 spiro atoms. The molecule has 0 N–H and O–H groups in total. The molecule has 9 heteroatoms. The van der Waals surface area contributed by atoms with Gasteiger partial charge < -0.3 is 14.2 Å². The summed E-state index contributed by atoms with van der Waals surface area (Å²) in [6, 6.07) is 7.48. The van der Waals surface area contributed by atoms with Crippen molar-refractivity contribution in [1.29, 1.82) is 0 Å². The van der Waals surface area contributed by atoms with E-state index in [9.17, 15) is 26.3 Å². The fraction of sp³-hybridized carbons (Fsp3) is 0.355. The summed E-state index contributed by atoms with van der Waals surface area (Å²) in [7, 11) is 0. The molecule has 1 atom stereocenters. The molecule has 1 aliphatic rings. The predicted molar refractivity (Wildman–Crippen MR) is 140 cm³/mol. The first-order valence-electron chi connectivity index (χ1n) is 13.3. The summed E-state index contributed by atoms with van der Waals surface area (Å²) in [5.74, 6) is -8.19. The van der Waals surface area contributed by atoms with Crippen LogP contribution >= 0.6 is 0 Å². The Morgan fingerprint density at radius 1 is 0.650 bits per heavy atom. The molecule has 0 saturated heterocycles. The molecule has 0 radical (unpaired) electrons. The molecule has 0 aromatic heterocycles. The van der Waals surface area contributed by atoms with Crippen molar-refractivity contribution in [3.05, 3.63) is 82.9 Å². The summed E-state index contributed by atoms with van der Waals surface area (Å²) < 4.78 is 103. The molecule has 40 heavy (non-hydrogen) atoms. The van der Waals surface area contributed by atoms with Crippen molar-refractivity contribution in [1.82, 2.24) is 0 Å². The first-order valence-corrected chi connectivity index (χ1v) is 13.3. The van der Waals surface area contributed by atoms with Crippen LogP contribution in [0.15, 0.2) is 42.5 Å². The number of benzene rings is 3. The standard InChI is InChI=1S/C31H30F6O3/c1-3-5-16-39-24-13-10-20(26(32)30(24)36)19-8-6-18(7-9-19)17-40-25-15-12-22(28(34)31(25)37)21-11-14-23(38-4-2)29(35)27(21)33/h8,10-15,18H,3-7,9,16-17H2,1-2H3. The van der Waals surface area contributed by atoms with E-state index in [1.54, 1.807) is 13.0 Å².